The Bertz CT molecular complexity index is 1130. The first-order valence-electron chi connectivity index (χ1n) is 8.53. The van der Waals surface area contributed by atoms with Gasteiger partial charge in [-0.15, -0.1) is 0 Å². The molecule has 0 saturated carbocycles. The summed E-state index contributed by atoms with van der Waals surface area (Å²) in [5.41, 5.74) is 10.4. The van der Waals surface area contributed by atoms with Crippen molar-refractivity contribution in [3.05, 3.63) is 66.7 Å². The molecule has 0 aliphatic heterocycles. The average molecular weight is 355 g/mol. The number of nitrogens with zero attached hydrogens (tertiary/aromatic N) is 6. The summed E-state index contributed by atoms with van der Waals surface area (Å²) in [6, 6.07) is 13.8. The summed E-state index contributed by atoms with van der Waals surface area (Å²) < 4.78 is 3.58. The van der Waals surface area contributed by atoms with Crippen LogP contribution in [0.15, 0.2) is 61.2 Å². The number of benzene rings is 1. The molecule has 1 aromatic carbocycles. The van der Waals surface area contributed by atoms with Gasteiger partial charge in [-0.3, -0.25) is 4.68 Å². The monoisotopic (exact) mass is 355 g/mol. The predicted octanol–water partition coefficient (Wildman–Crippen LogP) is 3.27. The second kappa shape index (κ2) is 6.77. The van der Waals surface area contributed by atoms with Gasteiger partial charge in [0.2, 0.25) is 0 Å². The molecule has 2 N–H and O–H groups in total. The van der Waals surface area contributed by atoms with E-state index in [9.17, 15) is 5.26 Å². The van der Waals surface area contributed by atoms with Crippen molar-refractivity contribution in [1.29, 1.82) is 5.26 Å². The van der Waals surface area contributed by atoms with E-state index in [0.29, 0.717) is 16.8 Å². The van der Waals surface area contributed by atoms with Crippen molar-refractivity contribution in [2.24, 2.45) is 0 Å². The Balaban J connectivity index is 1.81. The number of nitrogens with two attached hydrogens (primary N) is 1. The molecule has 132 valence electrons. The van der Waals surface area contributed by atoms with Gasteiger partial charge in [-0.25, -0.2) is 9.67 Å². The van der Waals surface area contributed by atoms with Crippen LogP contribution in [0.3, 0.4) is 0 Å². The Hall–Kier alpha value is -3.92. The highest BCUT2D eigenvalue weighted by atomic mass is 15.3. The fraction of sp³-hybridized carbons (Fsp3) is 0.100. The Morgan fingerprint density at radius 1 is 1.07 bits per heavy atom. The second-order valence-electron chi connectivity index (χ2n) is 6.02. The zero-order valence-electron chi connectivity index (χ0n) is 14.7. The molecule has 0 spiro atoms. The summed E-state index contributed by atoms with van der Waals surface area (Å²) in [6.45, 7) is 2.76. The zero-order valence-corrected chi connectivity index (χ0v) is 14.7. The highest BCUT2D eigenvalue weighted by molar-refractivity contribution is 5.79. The molecule has 4 aromatic rings. The van der Waals surface area contributed by atoms with E-state index in [0.717, 1.165) is 23.4 Å². The van der Waals surface area contributed by atoms with Crippen molar-refractivity contribution < 1.29 is 0 Å². The van der Waals surface area contributed by atoms with Crippen molar-refractivity contribution in [1.82, 2.24) is 24.5 Å². The zero-order chi connectivity index (χ0) is 18.8. The number of nitriles is 1. The molecule has 0 aliphatic rings. The van der Waals surface area contributed by atoms with Crippen LogP contribution in [0.1, 0.15) is 12.5 Å². The summed E-state index contributed by atoms with van der Waals surface area (Å²) in [6.07, 6.45) is 7.26. The van der Waals surface area contributed by atoms with Gasteiger partial charge in [0.15, 0.2) is 0 Å². The lowest BCUT2D eigenvalue weighted by molar-refractivity contribution is 0.660. The first-order chi connectivity index (χ1) is 13.2. The first kappa shape index (κ1) is 16.5. The summed E-state index contributed by atoms with van der Waals surface area (Å²) >= 11 is 0. The number of hydrogen-bond donors (Lipinski definition) is 1. The van der Waals surface area contributed by atoms with Crippen LogP contribution in [-0.2, 0) is 6.54 Å². The van der Waals surface area contributed by atoms with E-state index in [1.807, 2.05) is 55.7 Å². The van der Waals surface area contributed by atoms with Crippen LogP contribution in [0, 0.1) is 11.3 Å². The van der Waals surface area contributed by atoms with Crippen LogP contribution in [0.2, 0.25) is 0 Å². The molecule has 4 rings (SSSR count). The third kappa shape index (κ3) is 3.04. The minimum absolute atomic E-state index is 0.196. The molecular weight excluding hydrogens is 338 g/mol. The fourth-order valence-electron chi connectivity index (χ4n) is 2.91. The summed E-state index contributed by atoms with van der Waals surface area (Å²) in [4.78, 5) is 4.41. The van der Waals surface area contributed by atoms with Gasteiger partial charge in [0.05, 0.1) is 23.8 Å². The molecule has 0 bridgehead atoms. The van der Waals surface area contributed by atoms with E-state index >= 15 is 0 Å². The van der Waals surface area contributed by atoms with Crippen LogP contribution in [0.4, 0.5) is 5.82 Å². The lowest BCUT2D eigenvalue weighted by Gasteiger charge is -2.07. The molecule has 0 fully saturated rings. The fourth-order valence-corrected chi connectivity index (χ4v) is 2.91. The SMILES string of the molecule is CCn1cc(-c2cc(-c3cnn(-c4ccccc4)c3)nc(N)c2C#N)cn1. The Labute approximate surface area is 156 Å². The Morgan fingerprint density at radius 2 is 1.85 bits per heavy atom. The van der Waals surface area contributed by atoms with Gasteiger partial charge in [0, 0.05) is 35.6 Å². The van der Waals surface area contributed by atoms with Gasteiger partial charge in [0.25, 0.3) is 0 Å². The van der Waals surface area contributed by atoms with Gasteiger partial charge in [-0.2, -0.15) is 15.5 Å². The van der Waals surface area contributed by atoms with Gasteiger partial charge in [-0.05, 0) is 25.1 Å². The third-order valence-corrected chi connectivity index (χ3v) is 4.33. The average Bonchev–Trinajstić information content (AvgIpc) is 3.38. The van der Waals surface area contributed by atoms with Crippen molar-refractivity contribution >= 4 is 5.82 Å². The maximum atomic E-state index is 9.53. The first-order valence-corrected chi connectivity index (χ1v) is 8.53. The molecule has 0 aliphatic carbocycles. The van der Waals surface area contributed by atoms with Crippen LogP contribution >= 0.6 is 0 Å². The molecule has 3 aromatic heterocycles. The van der Waals surface area contributed by atoms with E-state index < -0.39 is 0 Å². The van der Waals surface area contributed by atoms with Crippen molar-refractivity contribution in [2.75, 3.05) is 5.73 Å². The third-order valence-electron chi connectivity index (χ3n) is 4.33. The van der Waals surface area contributed by atoms with E-state index in [2.05, 4.69) is 21.3 Å². The molecular formula is C20H17N7. The van der Waals surface area contributed by atoms with Gasteiger partial charge >= 0.3 is 0 Å². The van der Waals surface area contributed by atoms with Crippen molar-refractivity contribution in [3.63, 3.8) is 0 Å². The topological polar surface area (TPSA) is 98.3 Å². The molecule has 3 heterocycles. The maximum Gasteiger partial charge on any atom is 0.142 e. The number of rotatable bonds is 4. The number of pyridine rings is 1. The molecule has 0 radical (unpaired) electrons. The van der Waals surface area contributed by atoms with Crippen LogP contribution in [0.5, 0.6) is 0 Å². The molecule has 7 nitrogen and oxygen atoms in total. The van der Waals surface area contributed by atoms with Gasteiger partial charge in [0.1, 0.15) is 17.5 Å². The highest BCUT2D eigenvalue weighted by Gasteiger charge is 2.15. The van der Waals surface area contributed by atoms with E-state index in [1.165, 1.54) is 0 Å². The number of aryl methyl sites for hydroxylation is 1. The van der Waals surface area contributed by atoms with Gasteiger partial charge < -0.3 is 5.73 Å². The molecule has 0 unspecified atom stereocenters. The minimum Gasteiger partial charge on any atom is -0.383 e. The lowest BCUT2D eigenvalue weighted by atomic mass is 10.0. The van der Waals surface area contributed by atoms with E-state index in [-0.39, 0.29) is 5.82 Å². The quantitative estimate of drug-likeness (QED) is 0.606. The Morgan fingerprint density at radius 3 is 2.56 bits per heavy atom. The number of hydrogen-bond acceptors (Lipinski definition) is 5. The number of nitrogen functional groups attached to an aromatic ring is 1. The summed E-state index contributed by atoms with van der Waals surface area (Å²) in [7, 11) is 0. The Kier molecular flexibility index (Phi) is 4.15. The van der Waals surface area contributed by atoms with Crippen LogP contribution < -0.4 is 5.73 Å². The summed E-state index contributed by atoms with van der Waals surface area (Å²) in [5, 5.41) is 18.2. The summed E-state index contributed by atoms with van der Waals surface area (Å²) in [5.74, 6) is 0.196. The van der Waals surface area contributed by atoms with Crippen molar-refractivity contribution in [2.45, 2.75) is 13.5 Å². The predicted molar refractivity (Wildman–Crippen MR) is 103 cm³/mol. The number of para-hydroxylation sites is 1. The minimum atomic E-state index is 0.196. The molecule has 0 amide bonds. The molecule has 0 atom stereocenters. The van der Waals surface area contributed by atoms with Gasteiger partial charge in [-0.1, -0.05) is 18.2 Å². The molecule has 27 heavy (non-hydrogen) atoms. The van der Waals surface area contributed by atoms with Crippen molar-refractivity contribution in [3.8, 4) is 34.1 Å². The molecule has 0 saturated heterocycles. The number of aromatic nitrogens is 5. The van der Waals surface area contributed by atoms with Crippen LogP contribution in [0.25, 0.3) is 28.1 Å². The second-order valence-corrected chi connectivity index (χ2v) is 6.02. The largest absolute Gasteiger partial charge is 0.383 e. The maximum absolute atomic E-state index is 9.53. The van der Waals surface area contributed by atoms with E-state index in [1.54, 1.807) is 21.8 Å². The smallest absolute Gasteiger partial charge is 0.142 e. The normalized spacial score (nSPS) is 10.7. The highest BCUT2D eigenvalue weighted by Crippen LogP contribution is 2.31. The van der Waals surface area contributed by atoms with Crippen LogP contribution in [-0.4, -0.2) is 24.5 Å². The van der Waals surface area contributed by atoms with E-state index in [4.69, 9.17) is 5.73 Å². The number of anilines is 1. The standard InChI is InChI=1S/C20H17N7/c1-2-26-12-14(10-23-26)17-8-19(25-20(22)18(17)9-21)15-11-24-27(13-15)16-6-4-3-5-7-16/h3-8,10-13H,2H2,1H3,(H2,22,25). The lowest BCUT2D eigenvalue weighted by Crippen LogP contribution is -1.99. The molecule has 7 heteroatoms.